The number of aromatic nitrogens is 4. The largest absolute Gasteiger partial charge is 0.352 e. The van der Waals surface area contributed by atoms with E-state index >= 15 is 0 Å². The summed E-state index contributed by atoms with van der Waals surface area (Å²) in [6, 6.07) is 18.7. The highest BCUT2D eigenvalue weighted by atomic mass is 32.1. The van der Waals surface area contributed by atoms with E-state index in [1.807, 2.05) is 47.8 Å². The number of hydrogen-bond donors (Lipinski definition) is 1. The van der Waals surface area contributed by atoms with Crippen LogP contribution in [0.1, 0.15) is 13.0 Å². The average molecular weight is 448 g/mol. The number of nitrogens with zero attached hydrogens (tertiary/aromatic N) is 4. The Labute approximate surface area is 187 Å². The lowest BCUT2D eigenvalue weighted by molar-refractivity contribution is -0.124. The number of rotatable bonds is 7. The van der Waals surface area contributed by atoms with Crippen molar-refractivity contribution in [1.29, 1.82) is 0 Å². The van der Waals surface area contributed by atoms with Crippen LogP contribution in [0.25, 0.3) is 21.8 Å². The quantitative estimate of drug-likeness (QED) is 0.470. The molecule has 0 radical (unpaired) electrons. The first kappa shape index (κ1) is 21.4. The fourth-order valence-electron chi connectivity index (χ4n) is 3.17. The van der Waals surface area contributed by atoms with Crippen LogP contribution < -0.4 is 16.4 Å². The number of thiophene rings is 1. The predicted molar refractivity (Wildman–Crippen MR) is 123 cm³/mol. The molecule has 1 unspecified atom stereocenters. The van der Waals surface area contributed by atoms with E-state index in [1.54, 1.807) is 19.1 Å². The van der Waals surface area contributed by atoms with Crippen molar-refractivity contribution >= 4 is 17.2 Å². The van der Waals surface area contributed by atoms with E-state index in [1.165, 1.54) is 32.8 Å². The summed E-state index contributed by atoms with van der Waals surface area (Å²) in [4.78, 5) is 38.0. The molecule has 0 bridgehead atoms. The molecule has 0 fully saturated rings. The molecule has 1 amide bonds. The second kappa shape index (κ2) is 9.52. The summed E-state index contributed by atoms with van der Waals surface area (Å²) in [7, 11) is 0. The van der Waals surface area contributed by atoms with Crippen molar-refractivity contribution in [1.82, 2.24) is 24.9 Å². The first-order valence-corrected chi connectivity index (χ1v) is 11.0. The first-order chi connectivity index (χ1) is 15.5. The molecule has 4 aromatic rings. The molecule has 0 saturated heterocycles. The zero-order valence-electron chi connectivity index (χ0n) is 17.3. The van der Waals surface area contributed by atoms with Gasteiger partial charge in [-0.25, -0.2) is 9.36 Å². The van der Waals surface area contributed by atoms with Crippen LogP contribution in [-0.4, -0.2) is 32.0 Å². The van der Waals surface area contributed by atoms with Crippen molar-refractivity contribution < 1.29 is 4.79 Å². The minimum atomic E-state index is -0.803. The van der Waals surface area contributed by atoms with E-state index in [0.29, 0.717) is 11.4 Å². The summed E-state index contributed by atoms with van der Waals surface area (Å²) in [5, 5.41) is 13.4. The Morgan fingerprint density at radius 1 is 0.938 bits per heavy atom. The Balaban J connectivity index is 1.43. The molecule has 3 aromatic heterocycles. The average Bonchev–Trinajstić information content (AvgIpc) is 3.35. The van der Waals surface area contributed by atoms with Gasteiger partial charge in [-0.2, -0.15) is 10.2 Å². The van der Waals surface area contributed by atoms with Crippen molar-refractivity contribution in [3.63, 3.8) is 0 Å². The van der Waals surface area contributed by atoms with Gasteiger partial charge in [-0.05, 0) is 30.5 Å². The molecule has 1 N–H and O–H groups in total. The fourth-order valence-corrected chi connectivity index (χ4v) is 3.86. The van der Waals surface area contributed by atoms with E-state index in [4.69, 9.17) is 0 Å². The van der Waals surface area contributed by atoms with Crippen LogP contribution in [-0.2, 0) is 11.3 Å². The Hall–Kier alpha value is -3.85. The molecule has 0 spiro atoms. The Bertz CT molecular complexity index is 1330. The summed E-state index contributed by atoms with van der Waals surface area (Å²) in [6.45, 7) is 2.01. The molecule has 8 nitrogen and oxygen atoms in total. The zero-order chi connectivity index (χ0) is 22.5. The minimum Gasteiger partial charge on any atom is -0.352 e. The third-order valence-corrected chi connectivity index (χ3v) is 5.80. The van der Waals surface area contributed by atoms with Gasteiger partial charge >= 0.3 is 0 Å². The van der Waals surface area contributed by atoms with Crippen molar-refractivity contribution in [3.8, 4) is 21.8 Å². The number of carbonyl (C=O) groups excluding carboxylic acids is 1. The second-order valence-corrected chi connectivity index (χ2v) is 8.04. The summed E-state index contributed by atoms with van der Waals surface area (Å²) in [5.74, 6) is -0.366. The van der Waals surface area contributed by atoms with Crippen molar-refractivity contribution in [2.24, 2.45) is 0 Å². The lowest BCUT2D eigenvalue weighted by Gasteiger charge is -2.15. The minimum absolute atomic E-state index is 0.188. The SMILES string of the molecule is CC(C(=O)NCCn1nc(-c2ccccc2)ccc1=O)n1nc(-c2cccs2)ccc1=O. The van der Waals surface area contributed by atoms with Gasteiger partial charge in [0, 0.05) is 24.2 Å². The Kier molecular flexibility index (Phi) is 6.37. The number of carbonyl (C=O) groups is 1. The van der Waals surface area contributed by atoms with Gasteiger partial charge in [0.1, 0.15) is 11.7 Å². The molecule has 162 valence electrons. The summed E-state index contributed by atoms with van der Waals surface area (Å²) >= 11 is 1.51. The van der Waals surface area contributed by atoms with Gasteiger partial charge in [0.15, 0.2) is 0 Å². The predicted octanol–water partition coefficient (Wildman–Crippen LogP) is 2.57. The molecule has 1 aromatic carbocycles. The highest BCUT2D eigenvalue weighted by molar-refractivity contribution is 7.13. The maximum Gasteiger partial charge on any atom is 0.267 e. The number of nitrogens with one attached hydrogen (secondary N) is 1. The van der Waals surface area contributed by atoms with E-state index in [9.17, 15) is 14.4 Å². The van der Waals surface area contributed by atoms with Gasteiger partial charge in [0.2, 0.25) is 5.91 Å². The topological polar surface area (TPSA) is 98.9 Å². The van der Waals surface area contributed by atoms with Crippen LogP contribution in [0.15, 0.2) is 81.7 Å². The van der Waals surface area contributed by atoms with Gasteiger partial charge in [-0.15, -0.1) is 11.3 Å². The van der Waals surface area contributed by atoms with E-state index < -0.39 is 6.04 Å². The molecule has 1 atom stereocenters. The molecule has 32 heavy (non-hydrogen) atoms. The van der Waals surface area contributed by atoms with Gasteiger partial charge in [-0.3, -0.25) is 14.4 Å². The van der Waals surface area contributed by atoms with Crippen LogP contribution in [0.3, 0.4) is 0 Å². The summed E-state index contributed by atoms with van der Waals surface area (Å²) in [6.07, 6.45) is 0. The molecule has 0 aliphatic rings. The molecule has 3 heterocycles. The molecule has 0 aliphatic heterocycles. The maximum atomic E-state index is 12.6. The van der Waals surface area contributed by atoms with E-state index in [2.05, 4.69) is 15.5 Å². The zero-order valence-corrected chi connectivity index (χ0v) is 18.2. The smallest absolute Gasteiger partial charge is 0.267 e. The van der Waals surface area contributed by atoms with Gasteiger partial charge in [0.25, 0.3) is 11.1 Å². The Morgan fingerprint density at radius 2 is 1.69 bits per heavy atom. The first-order valence-electron chi connectivity index (χ1n) is 10.1. The third kappa shape index (κ3) is 4.73. The van der Waals surface area contributed by atoms with Crippen LogP contribution in [0, 0.1) is 0 Å². The lowest BCUT2D eigenvalue weighted by Crippen LogP contribution is -2.39. The molecule has 0 saturated carbocycles. The highest BCUT2D eigenvalue weighted by Gasteiger charge is 2.18. The molecular formula is C23H21N5O3S. The fraction of sp³-hybridized carbons (Fsp3) is 0.174. The van der Waals surface area contributed by atoms with Crippen LogP contribution in [0.4, 0.5) is 0 Å². The van der Waals surface area contributed by atoms with Crippen LogP contribution >= 0.6 is 11.3 Å². The Morgan fingerprint density at radius 3 is 2.44 bits per heavy atom. The number of amides is 1. The molecule has 0 aliphatic carbocycles. The molecular weight excluding hydrogens is 426 g/mol. The highest BCUT2D eigenvalue weighted by Crippen LogP contribution is 2.21. The monoisotopic (exact) mass is 447 g/mol. The second-order valence-electron chi connectivity index (χ2n) is 7.09. The summed E-state index contributed by atoms with van der Waals surface area (Å²) < 4.78 is 2.49. The maximum absolute atomic E-state index is 12.6. The van der Waals surface area contributed by atoms with Crippen molar-refractivity contribution in [2.45, 2.75) is 19.5 Å². The van der Waals surface area contributed by atoms with Crippen LogP contribution in [0.5, 0.6) is 0 Å². The van der Waals surface area contributed by atoms with Gasteiger partial charge < -0.3 is 5.32 Å². The number of hydrogen-bond acceptors (Lipinski definition) is 6. The van der Waals surface area contributed by atoms with Gasteiger partial charge in [0.05, 0.1) is 17.1 Å². The van der Waals surface area contributed by atoms with E-state index in [0.717, 1.165) is 10.4 Å². The van der Waals surface area contributed by atoms with Crippen molar-refractivity contribution in [2.75, 3.05) is 6.54 Å². The molecule has 4 rings (SSSR count). The summed E-state index contributed by atoms with van der Waals surface area (Å²) in [5.41, 5.74) is 1.59. The number of benzene rings is 1. The van der Waals surface area contributed by atoms with Crippen LogP contribution in [0.2, 0.25) is 0 Å². The standard InChI is InChI=1S/C23H21N5O3S/c1-16(28-22(30)12-10-19(26-28)20-8-5-15-32-20)23(31)24-13-14-27-21(29)11-9-18(25-27)17-6-3-2-4-7-17/h2-12,15-16H,13-14H2,1H3,(H,24,31). The van der Waals surface area contributed by atoms with Gasteiger partial charge in [-0.1, -0.05) is 36.4 Å². The van der Waals surface area contributed by atoms with Crippen molar-refractivity contribution in [3.05, 3.63) is 92.8 Å². The normalized spacial score (nSPS) is 11.8. The lowest BCUT2D eigenvalue weighted by atomic mass is 10.1. The third-order valence-electron chi connectivity index (χ3n) is 4.90. The van der Waals surface area contributed by atoms with E-state index in [-0.39, 0.29) is 30.1 Å². The molecule has 9 heteroatoms.